The first-order valence-corrected chi connectivity index (χ1v) is 6.38. The van der Waals surface area contributed by atoms with Crippen molar-refractivity contribution in [1.29, 1.82) is 0 Å². The fraction of sp³-hybridized carbons (Fsp3) is 0.500. The van der Waals surface area contributed by atoms with Gasteiger partial charge in [0.2, 0.25) is 5.95 Å². The maximum Gasteiger partial charge on any atom is 0.408 e. The molecule has 0 aliphatic carbocycles. The molecule has 0 aliphatic heterocycles. The number of halogens is 3. The quantitative estimate of drug-likeness (QED) is 0.940. The number of carbonyl (C=O) groups is 1. The molecule has 2 heterocycles. The van der Waals surface area contributed by atoms with Crippen LogP contribution in [0, 0.1) is 0 Å². The first kappa shape index (κ1) is 16.0. The zero-order valence-corrected chi connectivity index (χ0v) is 12.2. The number of nitrogens with one attached hydrogen (secondary N) is 1. The normalized spacial score (nSPS) is 12.5. The van der Waals surface area contributed by atoms with Crippen molar-refractivity contribution in [2.24, 2.45) is 0 Å². The minimum Gasteiger partial charge on any atom is -0.289 e. The minimum atomic E-state index is -4.40. The fourth-order valence-electron chi connectivity index (χ4n) is 1.74. The van der Waals surface area contributed by atoms with Crippen molar-refractivity contribution >= 4 is 11.9 Å². The van der Waals surface area contributed by atoms with Crippen molar-refractivity contribution in [3.8, 4) is 0 Å². The van der Waals surface area contributed by atoms with Crippen LogP contribution < -0.4 is 5.32 Å². The van der Waals surface area contributed by atoms with Gasteiger partial charge in [-0.25, -0.2) is 4.68 Å². The van der Waals surface area contributed by atoms with Crippen molar-refractivity contribution in [3.05, 3.63) is 24.3 Å². The SMILES string of the molecule is CC(C)(C)n1ncnc1NC(=O)c1ccn(CC(F)(F)F)n1. The molecular formula is C12H15F3N6O. The van der Waals surface area contributed by atoms with E-state index in [1.807, 2.05) is 20.8 Å². The average molecular weight is 316 g/mol. The third-order valence-electron chi connectivity index (χ3n) is 2.62. The topological polar surface area (TPSA) is 77.6 Å². The van der Waals surface area contributed by atoms with Crippen molar-refractivity contribution in [2.45, 2.75) is 39.0 Å². The predicted octanol–water partition coefficient (Wildman–Crippen LogP) is 2.04. The Morgan fingerprint density at radius 3 is 2.59 bits per heavy atom. The fourth-order valence-corrected chi connectivity index (χ4v) is 1.74. The van der Waals surface area contributed by atoms with Crippen LogP contribution in [0.5, 0.6) is 0 Å². The van der Waals surface area contributed by atoms with E-state index in [9.17, 15) is 18.0 Å². The molecule has 0 aromatic carbocycles. The predicted molar refractivity (Wildman–Crippen MR) is 71.3 cm³/mol. The van der Waals surface area contributed by atoms with Crippen LogP contribution in [0.4, 0.5) is 19.1 Å². The lowest BCUT2D eigenvalue weighted by atomic mass is 10.1. The van der Waals surface area contributed by atoms with Gasteiger partial charge in [0.05, 0.1) is 5.54 Å². The first-order chi connectivity index (χ1) is 10.1. The number of anilines is 1. The molecule has 2 rings (SSSR count). The highest BCUT2D eigenvalue weighted by Crippen LogP contribution is 2.18. The molecule has 1 amide bonds. The van der Waals surface area contributed by atoms with Gasteiger partial charge < -0.3 is 0 Å². The van der Waals surface area contributed by atoms with Gasteiger partial charge in [0.15, 0.2) is 5.69 Å². The summed E-state index contributed by atoms with van der Waals surface area (Å²) in [6.45, 7) is 4.36. The Labute approximate surface area is 124 Å². The van der Waals surface area contributed by atoms with Crippen molar-refractivity contribution in [2.75, 3.05) is 5.32 Å². The molecule has 0 bridgehead atoms. The van der Waals surface area contributed by atoms with Crippen LogP contribution in [-0.2, 0) is 12.1 Å². The zero-order chi connectivity index (χ0) is 16.5. The number of alkyl halides is 3. The van der Waals surface area contributed by atoms with Crippen LogP contribution in [0.1, 0.15) is 31.3 Å². The molecule has 2 aromatic heterocycles. The third-order valence-corrected chi connectivity index (χ3v) is 2.62. The molecule has 0 fully saturated rings. The van der Waals surface area contributed by atoms with Crippen LogP contribution in [0.3, 0.4) is 0 Å². The Kier molecular flexibility index (Phi) is 3.94. The van der Waals surface area contributed by atoms with Gasteiger partial charge in [-0.05, 0) is 26.8 Å². The highest BCUT2D eigenvalue weighted by atomic mass is 19.4. The van der Waals surface area contributed by atoms with Gasteiger partial charge in [-0.2, -0.15) is 28.4 Å². The van der Waals surface area contributed by atoms with Crippen LogP contribution >= 0.6 is 0 Å². The maximum atomic E-state index is 12.3. The summed E-state index contributed by atoms with van der Waals surface area (Å²) >= 11 is 0. The highest BCUT2D eigenvalue weighted by molar-refractivity contribution is 6.01. The summed E-state index contributed by atoms with van der Waals surface area (Å²) in [5, 5.41) is 10.1. The Morgan fingerprint density at radius 2 is 2.00 bits per heavy atom. The molecule has 0 aliphatic rings. The molecule has 10 heteroatoms. The Balaban J connectivity index is 2.12. The smallest absolute Gasteiger partial charge is 0.289 e. The van der Waals surface area contributed by atoms with Gasteiger partial charge >= 0.3 is 6.18 Å². The number of carbonyl (C=O) groups excluding carboxylic acids is 1. The van der Waals surface area contributed by atoms with Gasteiger partial charge in [-0.1, -0.05) is 0 Å². The monoisotopic (exact) mass is 316 g/mol. The molecule has 7 nitrogen and oxygen atoms in total. The second-order valence-electron chi connectivity index (χ2n) is 5.63. The van der Waals surface area contributed by atoms with Gasteiger partial charge in [-0.15, -0.1) is 0 Å². The van der Waals surface area contributed by atoms with Crippen molar-refractivity contribution < 1.29 is 18.0 Å². The molecule has 0 atom stereocenters. The van der Waals surface area contributed by atoms with Gasteiger partial charge in [0.25, 0.3) is 5.91 Å². The Morgan fingerprint density at radius 1 is 1.32 bits per heavy atom. The van der Waals surface area contributed by atoms with Crippen LogP contribution in [0.25, 0.3) is 0 Å². The molecule has 2 aromatic rings. The largest absolute Gasteiger partial charge is 0.408 e. The Bertz CT molecular complexity index is 667. The zero-order valence-electron chi connectivity index (χ0n) is 12.2. The second kappa shape index (κ2) is 5.43. The summed E-state index contributed by atoms with van der Waals surface area (Å²) in [6, 6.07) is 1.21. The Hall–Kier alpha value is -2.39. The van der Waals surface area contributed by atoms with Crippen molar-refractivity contribution in [1.82, 2.24) is 24.5 Å². The lowest BCUT2D eigenvalue weighted by Crippen LogP contribution is -2.27. The van der Waals surface area contributed by atoms with E-state index in [4.69, 9.17) is 0 Å². The summed E-state index contributed by atoms with van der Waals surface area (Å²) in [5.74, 6) is -0.456. The second-order valence-corrected chi connectivity index (χ2v) is 5.63. The van der Waals surface area contributed by atoms with Crippen LogP contribution in [0.15, 0.2) is 18.6 Å². The molecule has 0 saturated heterocycles. The van der Waals surface area contributed by atoms with E-state index in [0.717, 1.165) is 6.20 Å². The highest BCUT2D eigenvalue weighted by Gasteiger charge is 2.29. The van der Waals surface area contributed by atoms with E-state index in [1.165, 1.54) is 17.1 Å². The number of rotatable bonds is 3. The van der Waals surface area contributed by atoms with Gasteiger partial charge in [0.1, 0.15) is 12.9 Å². The summed E-state index contributed by atoms with van der Waals surface area (Å²) in [6.07, 6.45) is -2.02. The number of hydrogen-bond acceptors (Lipinski definition) is 4. The van der Waals surface area contributed by atoms with E-state index in [0.29, 0.717) is 4.68 Å². The molecule has 0 unspecified atom stereocenters. The molecule has 22 heavy (non-hydrogen) atoms. The van der Waals surface area contributed by atoms with E-state index in [-0.39, 0.29) is 11.6 Å². The minimum absolute atomic E-state index is 0.132. The molecule has 0 radical (unpaired) electrons. The molecule has 0 saturated carbocycles. The maximum absolute atomic E-state index is 12.3. The molecule has 0 spiro atoms. The first-order valence-electron chi connectivity index (χ1n) is 6.38. The van der Waals surface area contributed by atoms with E-state index >= 15 is 0 Å². The van der Waals surface area contributed by atoms with Crippen LogP contribution in [0.2, 0.25) is 0 Å². The molecular weight excluding hydrogens is 301 g/mol. The summed E-state index contributed by atoms with van der Waals surface area (Å²) < 4.78 is 38.9. The van der Waals surface area contributed by atoms with Gasteiger partial charge in [0, 0.05) is 6.20 Å². The van der Waals surface area contributed by atoms with E-state index < -0.39 is 24.2 Å². The van der Waals surface area contributed by atoms with Gasteiger partial charge in [-0.3, -0.25) is 14.8 Å². The molecule has 1 N–H and O–H groups in total. The summed E-state index contributed by atoms with van der Waals surface area (Å²) in [4.78, 5) is 15.9. The number of amides is 1. The van der Waals surface area contributed by atoms with E-state index in [2.05, 4.69) is 20.5 Å². The van der Waals surface area contributed by atoms with E-state index in [1.54, 1.807) is 0 Å². The summed E-state index contributed by atoms with van der Waals surface area (Å²) in [5.41, 5.74) is -0.540. The average Bonchev–Trinajstić information content (AvgIpc) is 2.94. The number of aromatic nitrogens is 5. The third kappa shape index (κ3) is 3.83. The molecule has 120 valence electrons. The lowest BCUT2D eigenvalue weighted by molar-refractivity contribution is -0.142. The standard InChI is InChI=1S/C12H15F3N6O/c1-11(2,3)21-10(16-7-17-21)18-9(22)8-4-5-20(19-8)6-12(13,14)15/h4-5,7H,6H2,1-3H3,(H,16,17,18,22). The number of hydrogen-bond donors (Lipinski definition) is 1. The van der Waals surface area contributed by atoms with Crippen LogP contribution in [-0.4, -0.2) is 36.6 Å². The number of nitrogens with zero attached hydrogens (tertiary/aromatic N) is 5. The lowest BCUT2D eigenvalue weighted by Gasteiger charge is -2.20. The summed E-state index contributed by atoms with van der Waals surface area (Å²) in [7, 11) is 0. The van der Waals surface area contributed by atoms with Crippen molar-refractivity contribution in [3.63, 3.8) is 0 Å².